The fourth-order valence-corrected chi connectivity index (χ4v) is 2.73. The highest BCUT2D eigenvalue weighted by atomic mass is 16.5. The molecule has 1 aliphatic rings. The van der Waals surface area contributed by atoms with Gasteiger partial charge in [-0.15, -0.1) is 0 Å². The quantitative estimate of drug-likeness (QED) is 0.911. The van der Waals surface area contributed by atoms with Gasteiger partial charge in [0.15, 0.2) is 0 Å². The van der Waals surface area contributed by atoms with Crippen LogP contribution in [-0.2, 0) is 4.74 Å². The van der Waals surface area contributed by atoms with Crippen molar-refractivity contribution in [1.82, 2.24) is 10.2 Å². The molecule has 1 N–H and O–H groups in total. The van der Waals surface area contributed by atoms with Gasteiger partial charge in [0.2, 0.25) is 0 Å². The third-order valence-electron chi connectivity index (χ3n) is 3.78. The molecule has 0 radical (unpaired) electrons. The van der Waals surface area contributed by atoms with E-state index in [-0.39, 0.29) is 29.4 Å². The van der Waals surface area contributed by atoms with Gasteiger partial charge < -0.3 is 15.0 Å². The van der Waals surface area contributed by atoms with Crippen molar-refractivity contribution < 1.29 is 14.3 Å². The molecule has 0 spiro atoms. The molecule has 23 heavy (non-hydrogen) atoms. The second kappa shape index (κ2) is 6.71. The van der Waals surface area contributed by atoms with Crippen LogP contribution in [0.15, 0.2) is 24.3 Å². The monoisotopic (exact) mass is 318 g/mol. The zero-order chi connectivity index (χ0) is 17.2. The zero-order valence-electron chi connectivity index (χ0n) is 14.6. The normalized spacial score (nSPS) is 21.9. The van der Waals surface area contributed by atoms with E-state index in [1.807, 2.05) is 39.5 Å². The largest absolute Gasteiger partial charge is 0.377 e. The summed E-state index contributed by atoms with van der Waals surface area (Å²) in [7, 11) is 0. The Morgan fingerprint density at radius 3 is 2.00 bits per heavy atom. The Hall–Kier alpha value is -1.88. The van der Waals surface area contributed by atoms with Gasteiger partial charge >= 0.3 is 0 Å². The van der Waals surface area contributed by atoms with E-state index in [9.17, 15) is 9.59 Å². The smallest absolute Gasteiger partial charge is 0.254 e. The highest BCUT2D eigenvalue weighted by Crippen LogP contribution is 2.18. The average Bonchev–Trinajstić information content (AvgIpc) is 2.45. The van der Waals surface area contributed by atoms with E-state index in [4.69, 9.17) is 4.74 Å². The lowest BCUT2D eigenvalue weighted by atomic mass is 10.1. The van der Waals surface area contributed by atoms with Crippen molar-refractivity contribution >= 4 is 11.8 Å². The Balaban J connectivity index is 2.12. The molecule has 2 unspecified atom stereocenters. The highest BCUT2D eigenvalue weighted by Gasteiger charge is 2.30. The first kappa shape index (κ1) is 17.5. The fourth-order valence-electron chi connectivity index (χ4n) is 2.73. The van der Waals surface area contributed by atoms with Gasteiger partial charge in [-0.05, 0) is 58.9 Å². The van der Waals surface area contributed by atoms with Crippen LogP contribution in [0, 0.1) is 0 Å². The highest BCUT2D eigenvalue weighted by molar-refractivity contribution is 5.98. The van der Waals surface area contributed by atoms with Crippen LogP contribution < -0.4 is 5.32 Å². The van der Waals surface area contributed by atoms with Crippen LogP contribution in [0.1, 0.15) is 55.3 Å². The van der Waals surface area contributed by atoms with Gasteiger partial charge in [-0.1, -0.05) is 0 Å². The van der Waals surface area contributed by atoms with E-state index in [1.54, 1.807) is 24.3 Å². The molecule has 0 aliphatic carbocycles. The van der Waals surface area contributed by atoms with Crippen molar-refractivity contribution in [3.8, 4) is 0 Å². The third kappa shape index (κ3) is 4.32. The Morgan fingerprint density at radius 1 is 1.04 bits per heavy atom. The van der Waals surface area contributed by atoms with Gasteiger partial charge in [-0.2, -0.15) is 0 Å². The predicted molar refractivity (Wildman–Crippen MR) is 89.6 cm³/mol. The van der Waals surface area contributed by atoms with Crippen molar-refractivity contribution in [3.05, 3.63) is 35.4 Å². The fraction of sp³-hybridized carbons (Fsp3) is 0.556. The third-order valence-corrected chi connectivity index (χ3v) is 3.78. The number of amides is 2. The summed E-state index contributed by atoms with van der Waals surface area (Å²) in [5, 5.41) is 2.91. The van der Waals surface area contributed by atoms with Crippen molar-refractivity contribution in [2.24, 2.45) is 0 Å². The standard InChI is InChI=1S/C18H26N2O3/c1-12-10-23-11-13(2)20(12)17(22)15-8-6-14(7-9-15)16(21)19-18(3,4)5/h6-9,12-13H,10-11H2,1-5H3,(H,19,21). The summed E-state index contributed by atoms with van der Waals surface area (Å²) in [5.74, 6) is -0.152. The molecule has 1 aromatic rings. The SMILES string of the molecule is CC1COCC(C)N1C(=O)c1ccc(C(=O)NC(C)(C)C)cc1. The Kier molecular flexibility index (Phi) is 5.09. The molecule has 2 rings (SSSR count). The van der Waals surface area contributed by atoms with Crippen molar-refractivity contribution in [1.29, 1.82) is 0 Å². The van der Waals surface area contributed by atoms with Crippen LogP contribution in [0.25, 0.3) is 0 Å². The number of nitrogens with one attached hydrogen (secondary N) is 1. The van der Waals surface area contributed by atoms with E-state index in [0.717, 1.165) is 0 Å². The number of morpholine rings is 1. The van der Waals surface area contributed by atoms with Gasteiger partial charge in [0.1, 0.15) is 0 Å². The predicted octanol–water partition coefficient (Wildman–Crippen LogP) is 2.46. The lowest BCUT2D eigenvalue weighted by molar-refractivity contribution is -0.0249. The molecule has 2 amide bonds. The number of carbonyl (C=O) groups is 2. The molecular formula is C18H26N2O3. The second-order valence-electron chi connectivity index (χ2n) is 7.23. The number of hydrogen-bond acceptors (Lipinski definition) is 3. The number of hydrogen-bond donors (Lipinski definition) is 1. The summed E-state index contributed by atoms with van der Waals surface area (Å²) in [6, 6.07) is 6.93. The number of nitrogens with zero attached hydrogens (tertiary/aromatic N) is 1. The van der Waals surface area contributed by atoms with Gasteiger partial charge in [0.25, 0.3) is 11.8 Å². The summed E-state index contributed by atoms with van der Waals surface area (Å²) in [4.78, 5) is 26.7. The molecule has 0 aromatic heterocycles. The lowest BCUT2D eigenvalue weighted by Crippen LogP contribution is -2.52. The van der Waals surface area contributed by atoms with Crippen LogP contribution in [0.3, 0.4) is 0 Å². The van der Waals surface area contributed by atoms with Gasteiger partial charge in [-0.3, -0.25) is 9.59 Å². The number of carbonyl (C=O) groups excluding carboxylic acids is 2. The molecule has 1 aromatic carbocycles. The van der Waals surface area contributed by atoms with Crippen molar-refractivity contribution in [3.63, 3.8) is 0 Å². The Morgan fingerprint density at radius 2 is 1.52 bits per heavy atom. The van der Waals surface area contributed by atoms with E-state index < -0.39 is 0 Å². The van der Waals surface area contributed by atoms with Gasteiger partial charge in [-0.25, -0.2) is 0 Å². The topological polar surface area (TPSA) is 58.6 Å². The van der Waals surface area contributed by atoms with E-state index >= 15 is 0 Å². The maximum Gasteiger partial charge on any atom is 0.254 e. The molecular weight excluding hydrogens is 292 g/mol. The molecule has 5 nitrogen and oxygen atoms in total. The number of rotatable bonds is 2. The second-order valence-corrected chi connectivity index (χ2v) is 7.23. The molecule has 2 atom stereocenters. The summed E-state index contributed by atoms with van der Waals surface area (Å²) >= 11 is 0. The Labute approximate surface area is 138 Å². The summed E-state index contributed by atoms with van der Waals surface area (Å²) < 4.78 is 5.46. The molecule has 0 saturated carbocycles. The first-order chi connectivity index (χ1) is 10.7. The minimum atomic E-state index is -0.287. The first-order valence-corrected chi connectivity index (χ1v) is 8.02. The average molecular weight is 318 g/mol. The van der Waals surface area contributed by atoms with Crippen LogP contribution in [0.2, 0.25) is 0 Å². The Bertz CT molecular complexity index is 565. The number of benzene rings is 1. The molecule has 1 heterocycles. The van der Waals surface area contributed by atoms with Crippen LogP contribution in [0.5, 0.6) is 0 Å². The molecule has 5 heteroatoms. The molecule has 1 fully saturated rings. The zero-order valence-corrected chi connectivity index (χ0v) is 14.6. The van der Waals surface area contributed by atoms with Crippen LogP contribution >= 0.6 is 0 Å². The van der Waals surface area contributed by atoms with E-state index in [0.29, 0.717) is 24.3 Å². The lowest BCUT2D eigenvalue weighted by Gasteiger charge is -2.38. The minimum Gasteiger partial charge on any atom is -0.377 e. The van der Waals surface area contributed by atoms with Crippen molar-refractivity contribution in [2.45, 2.75) is 52.2 Å². The van der Waals surface area contributed by atoms with E-state index in [2.05, 4.69) is 5.32 Å². The van der Waals surface area contributed by atoms with Gasteiger partial charge in [0, 0.05) is 16.7 Å². The van der Waals surface area contributed by atoms with Crippen LogP contribution in [-0.4, -0.2) is 47.6 Å². The minimum absolute atomic E-state index is 0.0175. The molecule has 1 saturated heterocycles. The molecule has 0 bridgehead atoms. The van der Waals surface area contributed by atoms with Crippen LogP contribution in [0.4, 0.5) is 0 Å². The first-order valence-electron chi connectivity index (χ1n) is 8.02. The van der Waals surface area contributed by atoms with Gasteiger partial charge in [0.05, 0.1) is 25.3 Å². The maximum atomic E-state index is 12.7. The van der Waals surface area contributed by atoms with Crippen molar-refractivity contribution in [2.75, 3.05) is 13.2 Å². The number of ether oxygens (including phenoxy) is 1. The summed E-state index contributed by atoms with van der Waals surface area (Å²) in [6.45, 7) is 10.9. The summed E-state index contributed by atoms with van der Waals surface area (Å²) in [5.41, 5.74) is 0.863. The molecule has 126 valence electrons. The maximum absolute atomic E-state index is 12.7. The summed E-state index contributed by atoms with van der Waals surface area (Å²) in [6.07, 6.45) is 0. The molecule has 1 aliphatic heterocycles. The van der Waals surface area contributed by atoms with E-state index in [1.165, 1.54) is 0 Å².